The Hall–Kier alpha value is -1.37. The summed E-state index contributed by atoms with van der Waals surface area (Å²) in [6.45, 7) is 3.39. The molecule has 1 aromatic heterocycles. The lowest BCUT2D eigenvalue weighted by molar-refractivity contribution is 0.0335. The van der Waals surface area contributed by atoms with Crippen molar-refractivity contribution < 1.29 is 14.6 Å². The molecule has 0 aliphatic rings. The molecule has 0 fully saturated rings. The second-order valence-electron chi connectivity index (χ2n) is 5.23. The van der Waals surface area contributed by atoms with Crippen LogP contribution >= 0.6 is 0 Å². The van der Waals surface area contributed by atoms with E-state index >= 15 is 0 Å². The highest BCUT2D eigenvalue weighted by atomic mass is 16.5. The van der Waals surface area contributed by atoms with Crippen molar-refractivity contribution in [1.82, 2.24) is 15.2 Å². The summed E-state index contributed by atoms with van der Waals surface area (Å²) in [6.07, 6.45) is 0. The molecule has 3 N–H and O–H groups in total. The molecule has 0 aliphatic heterocycles. The Labute approximate surface area is 113 Å². The normalized spacial score (nSPS) is 14.4. The van der Waals surface area contributed by atoms with Crippen LogP contribution in [0.3, 0.4) is 0 Å². The van der Waals surface area contributed by atoms with Gasteiger partial charge in [-0.25, -0.2) is 4.79 Å². The Morgan fingerprint density at radius 1 is 1.53 bits per heavy atom. The third-order valence-electron chi connectivity index (χ3n) is 2.63. The van der Waals surface area contributed by atoms with Crippen LogP contribution in [0, 0.1) is 0 Å². The van der Waals surface area contributed by atoms with Crippen molar-refractivity contribution >= 4 is 5.97 Å². The monoisotopic (exact) mass is 269 g/mol. The van der Waals surface area contributed by atoms with Gasteiger partial charge in [-0.1, -0.05) is 0 Å². The average molecular weight is 269 g/mol. The van der Waals surface area contributed by atoms with Gasteiger partial charge in [0.1, 0.15) is 5.69 Å². The summed E-state index contributed by atoms with van der Waals surface area (Å²) in [5.41, 5.74) is 0.516. The lowest BCUT2D eigenvalue weighted by atomic mass is 10.1. The first kappa shape index (κ1) is 15.7. The molecule has 0 spiro atoms. The highest BCUT2D eigenvalue weighted by molar-refractivity contribution is 5.87. The Bertz CT molecular complexity index is 413. The fraction of sp³-hybridized carbons (Fsp3) is 0.615. The largest absolute Gasteiger partial charge is 0.464 e. The first-order valence-electron chi connectivity index (χ1n) is 6.18. The molecule has 0 aromatic carbocycles. The van der Waals surface area contributed by atoms with Crippen LogP contribution in [0.1, 0.15) is 23.1 Å². The average Bonchev–Trinajstić information content (AvgIpc) is 2.74. The van der Waals surface area contributed by atoms with E-state index in [-0.39, 0.29) is 5.97 Å². The predicted molar refractivity (Wildman–Crippen MR) is 73.0 cm³/mol. The molecule has 0 saturated heterocycles. The first-order valence-corrected chi connectivity index (χ1v) is 6.18. The van der Waals surface area contributed by atoms with Crippen molar-refractivity contribution in [3.63, 3.8) is 0 Å². The Kier molecular flexibility index (Phi) is 5.53. The van der Waals surface area contributed by atoms with Crippen molar-refractivity contribution in [2.75, 3.05) is 34.3 Å². The summed E-state index contributed by atoms with van der Waals surface area (Å²) in [5.74, 6) is -0.383. The van der Waals surface area contributed by atoms with E-state index in [4.69, 9.17) is 0 Å². The second-order valence-corrected chi connectivity index (χ2v) is 5.23. The van der Waals surface area contributed by atoms with Gasteiger partial charge in [0.25, 0.3) is 0 Å². The number of ether oxygens (including phenoxy) is 1. The van der Waals surface area contributed by atoms with Gasteiger partial charge in [-0.05, 0) is 33.2 Å². The maximum absolute atomic E-state index is 11.3. The molecule has 1 aromatic rings. The molecule has 6 nitrogen and oxygen atoms in total. The highest BCUT2D eigenvalue weighted by Gasteiger charge is 2.20. The standard InChI is InChI=1S/C13H23N3O3/c1-13(18,9-16(2)3)8-14-7-10-5-6-11(15-10)12(17)19-4/h5-6,14-15,18H,7-9H2,1-4H3. The minimum absolute atomic E-state index is 0.383. The number of aromatic amines is 1. The van der Waals surface area contributed by atoms with Gasteiger partial charge in [-0.3, -0.25) is 0 Å². The molecule has 1 rings (SSSR count). The highest BCUT2D eigenvalue weighted by Crippen LogP contribution is 2.05. The van der Waals surface area contributed by atoms with Crippen LogP contribution in [0.5, 0.6) is 0 Å². The van der Waals surface area contributed by atoms with Crippen LogP contribution in [0.2, 0.25) is 0 Å². The van der Waals surface area contributed by atoms with E-state index in [1.54, 1.807) is 13.0 Å². The maximum atomic E-state index is 11.3. The molecule has 0 amide bonds. The molecule has 0 aliphatic carbocycles. The smallest absolute Gasteiger partial charge is 0.354 e. The third kappa shape index (κ3) is 5.42. The summed E-state index contributed by atoms with van der Waals surface area (Å²) in [7, 11) is 5.18. The molecule has 1 atom stereocenters. The van der Waals surface area contributed by atoms with Gasteiger partial charge in [0, 0.05) is 25.3 Å². The van der Waals surface area contributed by atoms with Crippen LogP contribution in [0.15, 0.2) is 12.1 Å². The number of rotatable bonds is 7. The minimum Gasteiger partial charge on any atom is -0.464 e. The number of aromatic nitrogens is 1. The zero-order valence-corrected chi connectivity index (χ0v) is 12.0. The molecule has 19 heavy (non-hydrogen) atoms. The zero-order chi connectivity index (χ0) is 14.5. The summed E-state index contributed by atoms with van der Waals surface area (Å²) in [5, 5.41) is 13.3. The Morgan fingerprint density at radius 3 is 2.79 bits per heavy atom. The molecule has 108 valence electrons. The van der Waals surface area contributed by atoms with E-state index in [1.165, 1.54) is 7.11 Å². The number of hydrogen-bond donors (Lipinski definition) is 3. The number of esters is 1. The van der Waals surface area contributed by atoms with E-state index in [0.29, 0.717) is 25.3 Å². The molecular weight excluding hydrogens is 246 g/mol. The first-order chi connectivity index (χ1) is 8.84. The van der Waals surface area contributed by atoms with Gasteiger partial charge >= 0.3 is 5.97 Å². The van der Waals surface area contributed by atoms with Gasteiger partial charge in [-0.2, -0.15) is 0 Å². The van der Waals surface area contributed by atoms with Crippen molar-refractivity contribution in [2.45, 2.75) is 19.1 Å². The van der Waals surface area contributed by atoms with Crippen LogP contribution < -0.4 is 5.32 Å². The SMILES string of the molecule is COC(=O)c1ccc(CNCC(C)(O)CN(C)C)[nH]1. The predicted octanol–water partition coefficient (Wildman–Crippen LogP) is 0.204. The number of hydrogen-bond acceptors (Lipinski definition) is 5. The molecule has 0 saturated carbocycles. The molecule has 1 unspecified atom stereocenters. The number of likely N-dealkylation sites (N-methyl/N-ethyl adjacent to an activating group) is 1. The van der Waals surface area contributed by atoms with Crippen molar-refractivity contribution in [2.24, 2.45) is 0 Å². The van der Waals surface area contributed by atoms with Gasteiger partial charge in [0.2, 0.25) is 0 Å². The van der Waals surface area contributed by atoms with Crippen LogP contribution in [0.25, 0.3) is 0 Å². The number of nitrogens with one attached hydrogen (secondary N) is 2. The van der Waals surface area contributed by atoms with Crippen molar-refractivity contribution in [3.05, 3.63) is 23.5 Å². The van der Waals surface area contributed by atoms with Crippen molar-refractivity contribution in [3.8, 4) is 0 Å². The summed E-state index contributed by atoms with van der Waals surface area (Å²) < 4.78 is 4.62. The third-order valence-corrected chi connectivity index (χ3v) is 2.63. The lowest BCUT2D eigenvalue weighted by Gasteiger charge is -2.27. The van der Waals surface area contributed by atoms with Crippen molar-refractivity contribution in [1.29, 1.82) is 0 Å². The molecule has 0 bridgehead atoms. The van der Waals surface area contributed by atoms with Gasteiger partial charge in [0.05, 0.1) is 12.7 Å². The molecule has 1 heterocycles. The van der Waals surface area contributed by atoms with E-state index in [0.717, 1.165) is 5.69 Å². The number of nitrogens with zero attached hydrogens (tertiary/aromatic N) is 1. The summed E-state index contributed by atoms with van der Waals surface area (Å²) in [6, 6.07) is 3.50. The number of carbonyl (C=O) groups is 1. The fourth-order valence-electron chi connectivity index (χ4n) is 1.98. The summed E-state index contributed by atoms with van der Waals surface area (Å²) >= 11 is 0. The minimum atomic E-state index is -0.790. The second kappa shape index (κ2) is 6.70. The zero-order valence-electron chi connectivity index (χ0n) is 12.0. The number of aliphatic hydroxyl groups is 1. The van der Waals surface area contributed by atoms with Gasteiger partial charge in [-0.15, -0.1) is 0 Å². The van der Waals surface area contributed by atoms with Gasteiger partial charge < -0.3 is 25.0 Å². The number of H-pyrrole nitrogens is 1. The lowest BCUT2D eigenvalue weighted by Crippen LogP contribution is -2.45. The quantitative estimate of drug-likeness (QED) is 0.617. The summed E-state index contributed by atoms with van der Waals surface area (Å²) in [4.78, 5) is 16.2. The Balaban J connectivity index is 2.41. The topological polar surface area (TPSA) is 77.6 Å². The van der Waals surface area contributed by atoms with Gasteiger partial charge in [0.15, 0.2) is 0 Å². The fourth-order valence-corrected chi connectivity index (χ4v) is 1.98. The molecule has 6 heteroatoms. The van der Waals surface area contributed by atoms with Crippen LogP contribution in [0.4, 0.5) is 0 Å². The molecule has 0 radical (unpaired) electrons. The van der Waals surface area contributed by atoms with Crippen LogP contribution in [-0.4, -0.2) is 60.9 Å². The Morgan fingerprint density at radius 2 is 2.21 bits per heavy atom. The van der Waals surface area contributed by atoms with E-state index in [2.05, 4.69) is 15.0 Å². The molecular formula is C13H23N3O3. The number of methoxy groups -OCH3 is 1. The number of carbonyl (C=O) groups excluding carboxylic acids is 1. The van der Waals surface area contributed by atoms with E-state index in [9.17, 15) is 9.90 Å². The van der Waals surface area contributed by atoms with E-state index in [1.807, 2.05) is 25.1 Å². The van der Waals surface area contributed by atoms with Crippen LogP contribution in [-0.2, 0) is 11.3 Å². The maximum Gasteiger partial charge on any atom is 0.354 e. The van der Waals surface area contributed by atoms with E-state index < -0.39 is 5.60 Å².